The van der Waals surface area contributed by atoms with E-state index in [0.29, 0.717) is 5.75 Å². The van der Waals surface area contributed by atoms with Crippen molar-refractivity contribution in [1.82, 2.24) is 5.32 Å². The Kier molecular flexibility index (Phi) is 5.20. The van der Waals surface area contributed by atoms with Gasteiger partial charge in [-0.25, -0.2) is 13.2 Å². The zero-order chi connectivity index (χ0) is 13.0. The number of hydrogen-bond donors (Lipinski definition) is 2. The van der Waals surface area contributed by atoms with Crippen LogP contribution in [0.4, 0.5) is 13.2 Å². The van der Waals surface area contributed by atoms with Gasteiger partial charge in [-0.05, 0) is 13.0 Å². The summed E-state index contributed by atoms with van der Waals surface area (Å²) in [6.07, 6.45) is -2.81. The van der Waals surface area contributed by atoms with Crippen LogP contribution in [0.1, 0.15) is 6.42 Å². The van der Waals surface area contributed by atoms with Crippen LogP contribution in [-0.4, -0.2) is 50.3 Å². The Hall–Kier alpha value is -0.830. The lowest BCUT2D eigenvalue weighted by Crippen LogP contribution is -2.47. The number of carboxylic acids is 1. The van der Waals surface area contributed by atoms with E-state index in [-0.39, 0.29) is 6.04 Å². The molecule has 0 saturated carbocycles. The molecule has 96 valence electrons. The first kappa shape index (κ1) is 15.2. The van der Waals surface area contributed by atoms with E-state index in [1.165, 1.54) is 6.26 Å². The lowest BCUT2D eigenvalue weighted by Gasteiger charge is -2.26. The van der Waals surface area contributed by atoms with Crippen molar-refractivity contribution in [3.63, 3.8) is 0 Å². The third-order valence-corrected chi connectivity index (χ3v) is 2.68. The van der Waals surface area contributed by atoms with Gasteiger partial charge in [-0.1, -0.05) is 0 Å². The molecule has 0 aromatic rings. The Balaban J connectivity index is 0.000000293. The monoisotopic (exact) mass is 263 g/mol. The molecule has 1 saturated heterocycles. The molecule has 0 bridgehead atoms. The summed E-state index contributed by atoms with van der Waals surface area (Å²) >= 11 is 0. The van der Waals surface area contributed by atoms with Gasteiger partial charge in [-0.15, -0.1) is 0 Å². The average Bonchev–Trinajstić information content (AvgIpc) is 1.95. The van der Waals surface area contributed by atoms with Crippen LogP contribution in [0.3, 0.4) is 0 Å². The van der Waals surface area contributed by atoms with Gasteiger partial charge in [-0.3, -0.25) is 0 Å². The number of carboxylic acid groups (broad SMARTS) is 1. The standard InChI is InChI=1S/C5H11NO2S.C2HF3O2/c1-9(7,8)4-5-2-3-6-5;3-2(4,5)1(6)7/h5-6H,2-4H2,1H3;(H,6,7). The van der Waals surface area contributed by atoms with Gasteiger partial charge >= 0.3 is 12.1 Å². The predicted octanol–water partition coefficient (Wildman–Crippen LogP) is 0.0262. The molecule has 0 amide bonds. The van der Waals surface area contributed by atoms with Crippen molar-refractivity contribution in [2.75, 3.05) is 18.6 Å². The molecular weight excluding hydrogens is 251 g/mol. The fraction of sp³-hybridized carbons (Fsp3) is 0.857. The topological polar surface area (TPSA) is 83.5 Å². The number of sulfone groups is 1. The molecule has 1 heterocycles. The van der Waals surface area contributed by atoms with E-state index in [0.717, 1.165) is 13.0 Å². The molecule has 1 fully saturated rings. The van der Waals surface area contributed by atoms with Gasteiger partial charge in [-0.2, -0.15) is 13.2 Å². The Labute approximate surface area is 90.6 Å². The van der Waals surface area contributed by atoms with Crippen molar-refractivity contribution in [2.45, 2.75) is 18.6 Å². The lowest BCUT2D eigenvalue weighted by atomic mass is 10.1. The molecule has 0 aromatic carbocycles. The van der Waals surface area contributed by atoms with Crippen LogP contribution >= 0.6 is 0 Å². The van der Waals surface area contributed by atoms with Gasteiger partial charge in [0.25, 0.3) is 0 Å². The molecule has 16 heavy (non-hydrogen) atoms. The molecule has 1 aliphatic rings. The van der Waals surface area contributed by atoms with Gasteiger partial charge < -0.3 is 10.4 Å². The van der Waals surface area contributed by atoms with Gasteiger partial charge in [0.05, 0.1) is 5.75 Å². The number of rotatable bonds is 2. The quantitative estimate of drug-likeness (QED) is 0.734. The fourth-order valence-corrected chi connectivity index (χ4v) is 1.87. The average molecular weight is 263 g/mol. The van der Waals surface area contributed by atoms with Crippen molar-refractivity contribution >= 4 is 15.8 Å². The minimum Gasteiger partial charge on any atom is -0.475 e. The second-order valence-corrected chi connectivity index (χ2v) is 5.52. The summed E-state index contributed by atoms with van der Waals surface area (Å²) < 4.78 is 52.9. The first-order valence-electron chi connectivity index (χ1n) is 4.23. The number of aliphatic carboxylic acids is 1. The SMILES string of the molecule is CS(=O)(=O)CC1CCN1.O=C(O)C(F)(F)F. The summed E-state index contributed by atoms with van der Waals surface area (Å²) in [6.45, 7) is 0.972. The fourth-order valence-electron chi connectivity index (χ4n) is 0.856. The smallest absolute Gasteiger partial charge is 0.475 e. The summed E-state index contributed by atoms with van der Waals surface area (Å²) in [5, 5.41) is 10.1. The summed E-state index contributed by atoms with van der Waals surface area (Å²) in [7, 11) is -2.75. The van der Waals surface area contributed by atoms with Crippen molar-refractivity contribution in [2.24, 2.45) is 0 Å². The van der Waals surface area contributed by atoms with E-state index >= 15 is 0 Å². The van der Waals surface area contributed by atoms with E-state index in [4.69, 9.17) is 9.90 Å². The Morgan fingerprint density at radius 2 is 1.88 bits per heavy atom. The zero-order valence-electron chi connectivity index (χ0n) is 8.41. The highest BCUT2D eigenvalue weighted by molar-refractivity contribution is 7.90. The second-order valence-electron chi connectivity index (χ2n) is 3.34. The first-order chi connectivity index (χ1) is 7.02. The molecule has 1 rings (SSSR count). The Bertz CT molecular complexity index is 334. The number of halogens is 3. The van der Waals surface area contributed by atoms with Crippen molar-refractivity contribution in [1.29, 1.82) is 0 Å². The molecule has 1 atom stereocenters. The number of hydrogen-bond acceptors (Lipinski definition) is 4. The minimum atomic E-state index is -5.08. The van der Waals surface area contributed by atoms with Gasteiger partial charge in [0.2, 0.25) is 0 Å². The van der Waals surface area contributed by atoms with E-state index in [1.54, 1.807) is 0 Å². The number of nitrogens with one attached hydrogen (secondary N) is 1. The minimum absolute atomic E-state index is 0.236. The summed E-state index contributed by atoms with van der Waals surface area (Å²) in [6, 6.07) is 0.236. The predicted molar refractivity (Wildman–Crippen MR) is 49.8 cm³/mol. The zero-order valence-corrected chi connectivity index (χ0v) is 9.23. The van der Waals surface area contributed by atoms with Crippen LogP contribution in [0, 0.1) is 0 Å². The molecule has 0 aromatic heterocycles. The first-order valence-corrected chi connectivity index (χ1v) is 6.29. The highest BCUT2D eigenvalue weighted by Crippen LogP contribution is 2.13. The van der Waals surface area contributed by atoms with Crippen LogP contribution in [0.15, 0.2) is 0 Å². The van der Waals surface area contributed by atoms with Crippen LogP contribution in [-0.2, 0) is 14.6 Å². The third kappa shape index (κ3) is 7.46. The summed E-state index contributed by atoms with van der Waals surface area (Å²) in [5.74, 6) is -2.46. The van der Waals surface area contributed by atoms with Gasteiger partial charge in [0.1, 0.15) is 9.84 Å². The molecule has 1 unspecified atom stereocenters. The molecule has 5 nitrogen and oxygen atoms in total. The molecule has 2 N–H and O–H groups in total. The van der Waals surface area contributed by atoms with Crippen molar-refractivity contribution in [3.8, 4) is 0 Å². The number of carbonyl (C=O) groups is 1. The van der Waals surface area contributed by atoms with E-state index < -0.39 is 22.0 Å². The molecule has 0 spiro atoms. The normalized spacial score (nSPS) is 20.4. The highest BCUT2D eigenvalue weighted by atomic mass is 32.2. The number of alkyl halides is 3. The van der Waals surface area contributed by atoms with E-state index in [2.05, 4.69) is 5.32 Å². The molecule has 0 aliphatic carbocycles. The molecule has 0 radical (unpaired) electrons. The van der Waals surface area contributed by atoms with Crippen LogP contribution in [0.5, 0.6) is 0 Å². The second kappa shape index (κ2) is 5.48. The Morgan fingerprint density at radius 1 is 1.50 bits per heavy atom. The van der Waals surface area contributed by atoms with Crippen molar-refractivity contribution < 1.29 is 31.5 Å². The van der Waals surface area contributed by atoms with Crippen LogP contribution < -0.4 is 5.32 Å². The van der Waals surface area contributed by atoms with E-state index in [1.807, 2.05) is 0 Å². The Morgan fingerprint density at radius 3 is 1.94 bits per heavy atom. The largest absolute Gasteiger partial charge is 0.490 e. The highest BCUT2D eigenvalue weighted by Gasteiger charge is 2.38. The maximum Gasteiger partial charge on any atom is 0.490 e. The van der Waals surface area contributed by atoms with Crippen LogP contribution in [0.25, 0.3) is 0 Å². The van der Waals surface area contributed by atoms with Crippen molar-refractivity contribution in [3.05, 3.63) is 0 Å². The molecular formula is C7H12F3NO4S. The summed E-state index contributed by atoms with van der Waals surface area (Å²) in [4.78, 5) is 8.90. The van der Waals surface area contributed by atoms with Crippen LogP contribution in [0.2, 0.25) is 0 Å². The van der Waals surface area contributed by atoms with E-state index in [9.17, 15) is 21.6 Å². The lowest BCUT2D eigenvalue weighted by molar-refractivity contribution is -0.192. The summed E-state index contributed by atoms with van der Waals surface area (Å²) in [5.41, 5.74) is 0. The molecule has 1 aliphatic heterocycles. The maximum absolute atomic E-state index is 10.6. The van der Waals surface area contributed by atoms with Gasteiger partial charge in [0, 0.05) is 12.3 Å². The van der Waals surface area contributed by atoms with Gasteiger partial charge in [0.15, 0.2) is 0 Å². The third-order valence-electron chi connectivity index (χ3n) is 1.67. The molecule has 9 heteroatoms. The maximum atomic E-state index is 10.6.